The lowest BCUT2D eigenvalue weighted by Gasteiger charge is -2.44. The fourth-order valence-electron chi connectivity index (χ4n) is 4.29. The van der Waals surface area contributed by atoms with Crippen molar-refractivity contribution in [1.29, 1.82) is 0 Å². The van der Waals surface area contributed by atoms with Gasteiger partial charge in [0.05, 0.1) is 0 Å². The van der Waals surface area contributed by atoms with Gasteiger partial charge in [-0.15, -0.1) is 0 Å². The maximum absolute atomic E-state index is 3.48. The smallest absolute Gasteiger partial charge is 0.0240 e. The van der Waals surface area contributed by atoms with E-state index in [9.17, 15) is 0 Å². The van der Waals surface area contributed by atoms with E-state index in [4.69, 9.17) is 0 Å². The van der Waals surface area contributed by atoms with Crippen molar-refractivity contribution in [3.05, 3.63) is 35.4 Å². The van der Waals surface area contributed by atoms with Crippen LogP contribution in [0.4, 0.5) is 0 Å². The van der Waals surface area contributed by atoms with E-state index >= 15 is 0 Å². The average molecular weight is 286 g/mol. The molecule has 0 radical (unpaired) electrons. The van der Waals surface area contributed by atoms with Crippen molar-refractivity contribution in [1.82, 2.24) is 10.2 Å². The van der Waals surface area contributed by atoms with Crippen LogP contribution < -0.4 is 5.32 Å². The molecule has 1 saturated heterocycles. The van der Waals surface area contributed by atoms with Gasteiger partial charge in [-0.3, -0.25) is 4.90 Å². The Labute approximate surface area is 129 Å². The highest BCUT2D eigenvalue weighted by atomic mass is 15.2. The number of nitrogens with zero attached hydrogens (tertiary/aromatic N) is 1. The van der Waals surface area contributed by atoms with Crippen molar-refractivity contribution >= 4 is 0 Å². The van der Waals surface area contributed by atoms with Crippen LogP contribution in [0, 0.1) is 5.92 Å². The molecule has 0 unspecified atom stereocenters. The number of fused-ring (bicyclic) bond motifs is 1. The minimum Gasteiger partial charge on any atom is -0.313 e. The number of likely N-dealkylation sites (tertiary alicyclic amines) is 1. The second kappa shape index (κ2) is 7.42. The molecule has 2 nitrogen and oxygen atoms in total. The predicted molar refractivity (Wildman–Crippen MR) is 89.2 cm³/mol. The molecule has 1 aliphatic heterocycles. The molecule has 1 aromatic carbocycles. The SMILES string of the molecule is CCNCc1ccccc1CN1CCC[C@H]2CCCC[C@H]21. The van der Waals surface area contributed by atoms with Crippen LogP contribution in [-0.2, 0) is 13.1 Å². The number of nitrogens with one attached hydrogen (secondary N) is 1. The van der Waals surface area contributed by atoms with Gasteiger partial charge >= 0.3 is 0 Å². The van der Waals surface area contributed by atoms with Crippen LogP contribution in [0.5, 0.6) is 0 Å². The van der Waals surface area contributed by atoms with Crippen LogP contribution in [0.3, 0.4) is 0 Å². The molecule has 3 rings (SSSR count). The zero-order chi connectivity index (χ0) is 14.5. The van der Waals surface area contributed by atoms with Crippen LogP contribution >= 0.6 is 0 Å². The van der Waals surface area contributed by atoms with Crippen molar-refractivity contribution in [3.8, 4) is 0 Å². The van der Waals surface area contributed by atoms with Crippen molar-refractivity contribution in [2.75, 3.05) is 13.1 Å². The molecule has 1 aliphatic carbocycles. The van der Waals surface area contributed by atoms with Gasteiger partial charge in [0.25, 0.3) is 0 Å². The minimum absolute atomic E-state index is 0.861. The second-order valence-corrected chi connectivity index (χ2v) is 6.77. The molecule has 1 N–H and O–H groups in total. The third-order valence-electron chi connectivity index (χ3n) is 5.42. The van der Waals surface area contributed by atoms with Gasteiger partial charge < -0.3 is 5.32 Å². The van der Waals surface area contributed by atoms with Crippen LogP contribution in [0.25, 0.3) is 0 Å². The lowest BCUT2D eigenvalue weighted by atomic mass is 9.78. The van der Waals surface area contributed by atoms with Crippen LogP contribution in [0.2, 0.25) is 0 Å². The van der Waals surface area contributed by atoms with E-state index in [1.165, 1.54) is 56.2 Å². The first-order valence-electron chi connectivity index (χ1n) is 8.90. The van der Waals surface area contributed by atoms with E-state index in [1.807, 2.05) is 0 Å². The summed E-state index contributed by atoms with van der Waals surface area (Å²) in [5.41, 5.74) is 3.02. The molecule has 1 aromatic rings. The van der Waals surface area contributed by atoms with E-state index in [0.29, 0.717) is 0 Å². The number of piperidine rings is 1. The molecule has 1 heterocycles. The summed E-state index contributed by atoms with van der Waals surface area (Å²) in [4.78, 5) is 2.79. The Kier molecular flexibility index (Phi) is 5.32. The molecule has 2 atom stereocenters. The Hall–Kier alpha value is -0.860. The maximum atomic E-state index is 3.48. The first-order valence-corrected chi connectivity index (χ1v) is 8.90. The molecule has 1 saturated carbocycles. The largest absolute Gasteiger partial charge is 0.313 e. The van der Waals surface area contributed by atoms with Gasteiger partial charge in [-0.25, -0.2) is 0 Å². The van der Waals surface area contributed by atoms with Gasteiger partial charge in [-0.2, -0.15) is 0 Å². The summed E-state index contributed by atoms with van der Waals surface area (Å²) in [6.45, 7) is 6.69. The molecule has 0 amide bonds. The molecular weight excluding hydrogens is 256 g/mol. The molecule has 0 spiro atoms. The third kappa shape index (κ3) is 3.67. The number of hydrogen-bond acceptors (Lipinski definition) is 2. The summed E-state index contributed by atoms with van der Waals surface area (Å²) in [7, 11) is 0. The van der Waals surface area contributed by atoms with Crippen molar-refractivity contribution in [3.63, 3.8) is 0 Å². The van der Waals surface area contributed by atoms with Gasteiger partial charge in [0.1, 0.15) is 0 Å². The Bertz CT molecular complexity index is 441. The zero-order valence-electron chi connectivity index (χ0n) is 13.5. The van der Waals surface area contributed by atoms with Gasteiger partial charge in [-0.05, 0) is 55.8 Å². The fourth-order valence-corrected chi connectivity index (χ4v) is 4.29. The Morgan fingerprint density at radius 1 is 1.05 bits per heavy atom. The molecule has 2 heteroatoms. The van der Waals surface area contributed by atoms with Crippen LogP contribution in [0.1, 0.15) is 56.6 Å². The van der Waals surface area contributed by atoms with Crippen molar-refractivity contribution in [2.45, 2.75) is 64.6 Å². The standard InChI is InChI=1S/C19H30N2/c1-2-20-14-17-9-3-4-10-18(17)15-21-13-7-11-16-8-5-6-12-19(16)21/h3-4,9-10,16,19-20H,2,5-8,11-15H2,1H3/t16-,19-/m1/s1. The van der Waals surface area contributed by atoms with Crippen LogP contribution in [-0.4, -0.2) is 24.0 Å². The van der Waals surface area contributed by atoms with Crippen molar-refractivity contribution in [2.24, 2.45) is 5.92 Å². The Balaban J connectivity index is 1.70. The minimum atomic E-state index is 0.861. The molecule has 2 fully saturated rings. The van der Waals surface area contributed by atoms with E-state index < -0.39 is 0 Å². The second-order valence-electron chi connectivity index (χ2n) is 6.77. The first-order chi connectivity index (χ1) is 10.4. The molecule has 0 bridgehead atoms. The number of benzene rings is 1. The monoisotopic (exact) mass is 286 g/mol. The van der Waals surface area contributed by atoms with E-state index in [2.05, 4.69) is 41.4 Å². The molecule has 21 heavy (non-hydrogen) atoms. The maximum Gasteiger partial charge on any atom is 0.0240 e. The highest BCUT2D eigenvalue weighted by Gasteiger charge is 2.33. The Morgan fingerprint density at radius 3 is 2.67 bits per heavy atom. The highest BCUT2D eigenvalue weighted by Crippen LogP contribution is 2.36. The summed E-state index contributed by atoms with van der Waals surface area (Å²) in [6.07, 6.45) is 8.68. The van der Waals surface area contributed by atoms with Gasteiger partial charge in [0.2, 0.25) is 0 Å². The lowest BCUT2D eigenvalue weighted by Crippen LogP contribution is -2.46. The summed E-state index contributed by atoms with van der Waals surface area (Å²) < 4.78 is 0. The number of hydrogen-bond donors (Lipinski definition) is 1. The highest BCUT2D eigenvalue weighted by molar-refractivity contribution is 5.27. The third-order valence-corrected chi connectivity index (χ3v) is 5.42. The van der Waals surface area contributed by atoms with Gasteiger partial charge in [0.15, 0.2) is 0 Å². The quantitative estimate of drug-likeness (QED) is 0.881. The molecule has 2 aliphatic rings. The normalized spacial score (nSPS) is 26.5. The molecule has 116 valence electrons. The Morgan fingerprint density at radius 2 is 1.81 bits per heavy atom. The topological polar surface area (TPSA) is 15.3 Å². The fraction of sp³-hybridized carbons (Fsp3) is 0.684. The van der Waals surface area contributed by atoms with Gasteiger partial charge in [-0.1, -0.05) is 44.0 Å². The summed E-state index contributed by atoms with van der Waals surface area (Å²) >= 11 is 0. The summed E-state index contributed by atoms with van der Waals surface area (Å²) in [5.74, 6) is 0.980. The lowest BCUT2D eigenvalue weighted by molar-refractivity contribution is 0.0545. The predicted octanol–water partition coefficient (Wildman–Crippen LogP) is 3.95. The average Bonchev–Trinajstić information content (AvgIpc) is 2.54. The van der Waals surface area contributed by atoms with E-state index in [-0.39, 0.29) is 0 Å². The van der Waals surface area contributed by atoms with Crippen LogP contribution in [0.15, 0.2) is 24.3 Å². The van der Waals surface area contributed by atoms with E-state index in [0.717, 1.165) is 31.6 Å². The first kappa shape index (κ1) is 15.1. The van der Waals surface area contributed by atoms with E-state index in [1.54, 1.807) is 0 Å². The summed E-state index contributed by atoms with van der Waals surface area (Å²) in [6, 6.07) is 9.86. The molecule has 0 aromatic heterocycles. The molecular formula is C19H30N2. The van der Waals surface area contributed by atoms with Crippen molar-refractivity contribution < 1.29 is 0 Å². The van der Waals surface area contributed by atoms with Gasteiger partial charge in [0, 0.05) is 19.1 Å². The number of rotatable bonds is 5. The summed E-state index contributed by atoms with van der Waals surface area (Å²) in [5, 5.41) is 3.48. The zero-order valence-corrected chi connectivity index (χ0v) is 13.5.